The van der Waals surface area contributed by atoms with E-state index in [1.807, 2.05) is 49.4 Å². The number of carbonyl (C=O) groups excluding carboxylic acids is 3. The molecule has 0 atom stereocenters. The predicted molar refractivity (Wildman–Crippen MR) is 120 cm³/mol. The second-order valence-electron chi connectivity index (χ2n) is 8.04. The first-order valence-electron chi connectivity index (χ1n) is 10.6. The van der Waals surface area contributed by atoms with Crippen molar-refractivity contribution in [2.45, 2.75) is 19.8 Å². The lowest BCUT2D eigenvalue weighted by atomic mass is 9.88. The molecule has 0 saturated carbocycles. The molecular formula is C27H25NO3. The maximum absolute atomic E-state index is 13.2. The van der Waals surface area contributed by atoms with E-state index in [9.17, 15) is 14.4 Å². The van der Waals surface area contributed by atoms with E-state index >= 15 is 0 Å². The lowest BCUT2D eigenvalue weighted by Gasteiger charge is -2.31. The quantitative estimate of drug-likeness (QED) is 0.558. The third kappa shape index (κ3) is 4.48. The van der Waals surface area contributed by atoms with Gasteiger partial charge >= 0.3 is 0 Å². The molecule has 4 nitrogen and oxygen atoms in total. The van der Waals surface area contributed by atoms with Gasteiger partial charge in [-0.25, -0.2) is 0 Å². The molecule has 1 heterocycles. The summed E-state index contributed by atoms with van der Waals surface area (Å²) in [4.78, 5) is 40.8. The van der Waals surface area contributed by atoms with E-state index in [1.54, 1.807) is 41.3 Å². The fourth-order valence-corrected chi connectivity index (χ4v) is 4.08. The number of nitrogens with zero attached hydrogens (tertiary/aromatic N) is 1. The van der Waals surface area contributed by atoms with E-state index in [2.05, 4.69) is 0 Å². The molecule has 0 aromatic heterocycles. The summed E-state index contributed by atoms with van der Waals surface area (Å²) in [6.45, 7) is 2.99. The van der Waals surface area contributed by atoms with Crippen LogP contribution in [0.2, 0.25) is 0 Å². The minimum absolute atomic E-state index is 0.0733. The standard InChI is InChI=1S/C27H25NO3/c1-19-11-13-21(14-12-19)26(30)23-9-5-6-10-24(23)27(31)28-17-15-22(16-18-28)25(29)20-7-3-2-4-8-20/h2-14,22H,15-18H2,1H3. The van der Waals surface area contributed by atoms with Gasteiger partial charge in [-0.15, -0.1) is 0 Å². The molecule has 1 amide bonds. The third-order valence-corrected chi connectivity index (χ3v) is 5.93. The van der Waals surface area contributed by atoms with Crippen molar-refractivity contribution in [1.82, 2.24) is 4.90 Å². The van der Waals surface area contributed by atoms with Gasteiger partial charge in [0.05, 0.1) is 5.56 Å². The molecule has 4 heteroatoms. The summed E-state index contributed by atoms with van der Waals surface area (Å²) in [5.74, 6) is -0.238. The van der Waals surface area contributed by atoms with Crippen LogP contribution in [-0.2, 0) is 0 Å². The Morgan fingerprint density at radius 3 is 1.94 bits per heavy atom. The van der Waals surface area contributed by atoms with Crippen molar-refractivity contribution in [3.63, 3.8) is 0 Å². The number of aryl methyl sites for hydroxylation is 1. The molecule has 31 heavy (non-hydrogen) atoms. The van der Waals surface area contributed by atoms with Crippen LogP contribution in [0.1, 0.15) is 55.0 Å². The van der Waals surface area contributed by atoms with Gasteiger partial charge in [0.2, 0.25) is 0 Å². The van der Waals surface area contributed by atoms with Gasteiger partial charge in [0, 0.05) is 35.7 Å². The molecule has 3 aromatic rings. The maximum Gasteiger partial charge on any atom is 0.254 e. The number of carbonyl (C=O) groups is 3. The average molecular weight is 412 g/mol. The molecule has 4 rings (SSSR count). The summed E-state index contributed by atoms with van der Waals surface area (Å²) in [5.41, 5.74) is 3.20. The Kier molecular flexibility index (Phi) is 6.08. The van der Waals surface area contributed by atoms with Gasteiger partial charge in [-0.1, -0.05) is 78.4 Å². The van der Waals surface area contributed by atoms with E-state index in [4.69, 9.17) is 0 Å². The molecule has 0 N–H and O–H groups in total. The third-order valence-electron chi connectivity index (χ3n) is 5.93. The fourth-order valence-electron chi connectivity index (χ4n) is 4.08. The minimum Gasteiger partial charge on any atom is -0.339 e. The van der Waals surface area contributed by atoms with Crippen LogP contribution in [0, 0.1) is 12.8 Å². The molecule has 0 spiro atoms. The highest BCUT2D eigenvalue weighted by molar-refractivity contribution is 6.15. The number of rotatable bonds is 5. The first-order valence-corrected chi connectivity index (χ1v) is 10.6. The number of benzene rings is 3. The van der Waals surface area contributed by atoms with Crippen molar-refractivity contribution >= 4 is 17.5 Å². The Balaban J connectivity index is 1.48. The Hall–Kier alpha value is -3.53. The highest BCUT2D eigenvalue weighted by Gasteiger charge is 2.29. The zero-order chi connectivity index (χ0) is 21.8. The largest absolute Gasteiger partial charge is 0.339 e. The average Bonchev–Trinajstić information content (AvgIpc) is 2.84. The highest BCUT2D eigenvalue weighted by Crippen LogP contribution is 2.24. The highest BCUT2D eigenvalue weighted by atomic mass is 16.2. The normalized spacial score (nSPS) is 14.3. The number of ketones is 2. The number of piperidine rings is 1. The van der Waals surface area contributed by atoms with Gasteiger partial charge in [0.1, 0.15) is 0 Å². The number of hydrogen-bond acceptors (Lipinski definition) is 3. The molecule has 0 radical (unpaired) electrons. The van der Waals surface area contributed by atoms with Crippen molar-refractivity contribution in [1.29, 1.82) is 0 Å². The second-order valence-corrected chi connectivity index (χ2v) is 8.04. The van der Waals surface area contributed by atoms with E-state index in [1.165, 1.54) is 0 Å². The Morgan fingerprint density at radius 1 is 0.710 bits per heavy atom. The molecule has 1 saturated heterocycles. The fraction of sp³-hybridized carbons (Fsp3) is 0.222. The monoisotopic (exact) mass is 411 g/mol. The lowest BCUT2D eigenvalue weighted by Crippen LogP contribution is -2.40. The lowest BCUT2D eigenvalue weighted by molar-refractivity contribution is 0.0648. The van der Waals surface area contributed by atoms with Crippen molar-refractivity contribution in [2.75, 3.05) is 13.1 Å². The first kappa shape index (κ1) is 20.7. The summed E-state index contributed by atoms with van der Waals surface area (Å²) >= 11 is 0. The summed E-state index contributed by atoms with van der Waals surface area (Å²) in [7, 11) is 0. The van der Waals surface area contributed by atoms with Crippen molar-refractivity contribution < 1.29 is 14.4 Å². The molecule has 1 aliphatic heterocycles. The van der Waals surface area contributed by atoms with Gasteiger partial charge in [-0.3, -0.25) is 14.4 Å². The Morgan fingerprint density at radius 2 is 1.29 bits per heavy atom. The van der Waals surface area contributed by atoms with Gasteiger partial charge in [0.15, 0.2) is 11.6 Å². The second kappa shape index (κ2) is 9.09. The molecular weight excluding hydrogens is 386 g/mol. The van der Waals surface area contributed by atoms with E-state index in [0.717, 1.165) is 11.1 Å². The number of Topliss-reactive ketones (excluding diaryl/α,β-unsaturated/α-hetero) is 1. The van der Waals surface area contributed by atoms with Gasteiger partial charge < -0.3 is 4.90 Å². The maximum atomic E-state index is 13.2. The van der Waals surface area contributed by atoms with E-state index in [0.29, 0.717) is 42.6 Å². The Bertz CT molecular complexity index is 1090. The molecule has 0 unspecified atom stereocenters. The predicted octanol–water partition coefficient (Wildman–Crippen LogP) is 4.96. The molecule has 0 aliphatic carbocycles. The smallest absolute Gasteiger partial charge is 0.254 e. The molecule has 0 bridgehead atoms. The van der Waals surface area contributed by atoms with Crippen molar-refractivity contribution in [3.05, 3.63) is 107 Å². The SMILES string of the molecule is Cc1ccc(C(=O)c2ccccc2C(=O)N2CCC(C(=O)c3ccccc3)CC2)cc1. The first-order chi connectivity index (χ1) is 15.0. The van der Waals surface area contributed by atoms with Gasteiger partial charge in [-0.2, -0.15) is 0 Å². The van der Waals surface area contributed by atoms with E-state index < -0.39 is 0 Å². The molecule has 156 valence electrons. The molecule has 3 aromatic carbocycles. The molecule has 1 fully saturated rings. The van der Waals surface area contributed by atoms with Gasteiger partial charge in [-0.05, 0) is 25.8 Å². The number of likely N-dealkylation sites (tertiary alicyclic amines) is 1. The van der Waals surface area contributed by atoms with Gasteiger partial charge in [0.25, 0.3) is 5.91 Å². The van der Waals surface area contributed by atoms with Crippen molar-refractivity contribution in [2.24, 2.45) is 5.92 Å². The van der Waals surface area contributed by atoms with Crippen LogP contribution in [0.5, 0.6) is 0 Å². The van der Waals surface area contributed by atoms with Crippen molar-refractivity contribution in [3.8, 4) is 0 Å². The summed E-state index contributed by atoms with van der Waals surface area (Å²) in [5, 5.41) is 0. The minimum atomic E-state index is -0.155. The zero-order valence-electron chi connectivity index (χ0n) is 17.6. The van der Waals surface area contributed by atoms with E-state index in [-0.39, 0.29) is 23.4 Å². The summed E-state index contributed by atoms with van der Waals surface area (Å²) in [6.07, 6.45) is 1.26. The van der Waals surface area contributed by atoms with Crippen LogP contribution in [0.15, 0.2) is 78.9 Å². The van der Waals surface area contributed by atoms with Crippen LogP contribution >= 0.6 is 0 Å². The number of amides is 1. The summed E-state index contributed by atoms with van der Waals surface area (Å²) in [6, 6.07) is 23.7. The van der Waals surface area contributed by atoms with Crippen LogP contribution in [-0.4, -0.2) is 35.5 Å². The molecule has 1 aliphatic rings. The number of hydrogen-bond donors (Lipinski definition) is 0. The summed E-state index contributed by atoms with van der Waals surface area (Å²) < 4.78 is 0. The Labute approximate surface area is 182 Å². The topological polar surface area (TPSA) is 54.5 Å². The van der Waals surface area contributed by atoms with Crippen LogP contribution in [0.25, 0.3) is 0 Å². The van der Waals surface area contributed by atoms with Crippen LogP contribution in [0.4, 0.5) is 0 Å². The zero-order valence-corrected chi connectivity index (χ0v) is 17.6. The van der Waals surface area contributed by atoms with Crippen LogP contribution < -0.4 is 0 Å². The van der Waals surface area contributed by atoms with Crippen LogP contribution in [0.3, 0.4) is 0 Å².